The molecule has 27 heavy (non-hydrogen) atoms. The molecule has 1 heterocycles. The molecule has 0 unspecified atom stereocenters. The zero-order valence-corrected chi connectivity index (χ0v) is 15.4. The van der Waals surface area contributed by atoms with E-state index in [0.717, 1.165) is 31.1 Å². The van der Waals surface area contributed by atoms with Crippen LogP contribution in [0.25, 0.3) is 0 Å². The number of rotatable bonds is 9. The minimum atomic E-state index is -0.558. The maximum Gasteiger partial charge on any atom is 0.191 e. The van der Waals surface area contributed by atoms with E-state index in [0.29, 0.717) is 37.8 Å². The van der Waals surface area contributed by atoms with Crippen molar-refractivity contribution >= 4 is 5.96 Å². The second-order valence-corrected chi connectivity index (χ2v) is 6.75. The van der Waals surface area contributed by atoms with Crippen LogP contribution in [0.3, 0.4) is 0 Å². The summed E-state index contributed by atoms with van der Waals surface area (Å²) in [4.78, 5) is 4.64. The molecule has 7 heteroatoms. The van der Waals surface area contributed by atoms with Crippen molar-refractivity contribution in [2.24, 2.45) is 4.99 Å². The summed E-state index contributed by atoms with van der Waals surface area (Å²) in [6, 6.07) is 7.57. The normalized spacial score (nSPS) is 15.6. The van der Waals surface area contributed by atoms with Gasteiger partial charge in [-0.25, -0.2) is 8.78 Å². The van der Waals surface area contributed by atoms with Gasteiger partial charge in [0.05, 0.1) is 19.4 Å². The van der Waals surface area contributed by atoms with Crippen molar-refractivity contribution in [3.8, 4) is 0 Å². The summed E-state index contributed by atoms with van der Waals surface area (Å²) in [5, 5.41) is 6.47. The Hall–Kier alpha value is -2.41. The van der Waals surface area contributed by atoms with Crippen LogP contribution in [-0.2, 0) is 16.6 Å². The minimum Gasteiger partial charge on any atom is -0.469 e. The third-order valence-corrected chi connectivity index (χ3v) is 4.74. The zero-order chi connectivity index (χ0) is 19.1. The largest absolute Gasteiger partial charge is 0.469 e. The van der Waals surface area contributed by atoms with E-state index in [2.05, 4.69) is 15.6 Å². The van der Waals surface area contributed by atoms with E-state index in [1.165, 1.54) is 12.1 Å². The third kappa shape index (κ3) is 5.29. The van der Waals surface area contributed by atoms with Gasteiger partial charge in [-0.15, -0.1) is 0 Å². The molecule has 1 aromatic carbocycles. The Balaban J connectivity index is 1.62. The molecule has 2 aromatic rings. The number of nitrogens with one attached hydrogen (secondary N) is 2. The van der Waals surface area contributed by atoms with Crippen LogP contribution in [0, 0.1) is 11.6 Å². The van der Waals surface area contributed by atoms with E-state index in [-0.39, 0.29) is 5.41 Å². The Morgan fingerprint density at radius 2 is 2.04 bits per heavy atom. The summed E-state index contributed by atoms with van der Waals surface area (Å²) in [7, 11) is 1.64. The number of ether oxygens (including phenoxy) is 1. The smallest absolute Gasteiger partial charge is 0.191 e. The van der Waals surface area contributed by atoms with Crippen molar-refractivity contribution < 1.29 is 17.9 Å². The summed E-state index contributed by atoms with van der Waals surface area (Å²) >= 11 is 0. The lowest BCUT2D eigenvalue weighted by Crippen LogP contribution is -2.40. The standard InChI is InChI=1S/C20H25F2N3O2/c1-26-12-10-24-19(23-9-6-16-3-2-11-27-16)25-14-20(7-8-20)17-5-4-15(21)13-18(17)22/h2-5,11,13H,6-10,12,14H2,1H3,(H2,23,24,25). The van der Waals surface area contributed by atoms with Gasteiger partial charge in [-0.2, -0.15) is 0 Å². The van der Waals surface area contributed by atoms with Crippen molar-refractivity contribution in [1.82, 2.24) is 10.6 Å². The lowest BCUT2D eigenvalue weighted by Gasteiger charge is -2.17. The number of furan rings is 1. The maximum absolute atomic E-state index is 14.2. The number of benzene rings is 1. The number of halogens is 2. The van der Waals surface area contributed by atoms with Crippen LogP contribution in [0.4, 0.5) is 8.78 Å². The molecule has 0 saturated heterocycles. The van der Waals surface area contributed by atoms with Gasteiger partial charge in [0.2, 0.25) is 0 Å². The number of hydrogen-bond donors (Lipinski definition) is 2. The molecule has 5 nitrogen and oxygen atoms in total. The van der Waals surface area contributed by atoms with Gasteiger partial charge in [0.1, 0.15) is 17.4 Å². The Morgan fingerprint density at radius 1 is 1.22 bits per heavy atom. The fourth-order valence-corrected chi connectivity index (χ4v) is 3.02. The van der Waals surface area contributed by atoms with Gasteiger partial charge in [0, 0.05) is 38.1 Å². The number of hydrogen-bond acceptors (Lipinski definition) is 3. The van der Waals surface area contributed by atoms with Crippen molar-refractivity contribution in [3.05, 3.63) is 59.6 Å². The summed E-state index contributed by atoms with van der Waals surface area (Å²) in [6.45, 7) is 2.26. The predicted molar refractivity (Wildman–Crippen MR) is 99.9 cm³/mol. The van der Waals surface area contributed by atoms with Crippen molar-refractivity contribution in [2.45, 2.75) is 24.7 Å². The molecule has 0 atom stereocenters. The molecule has 2 N–H and O–H groups in total. The molecule has 146 valence electrons. The van der Waals surface area contributed by atoms with Gasteiger partial charge >= 0.3 is 0 Å². The fourth-order valence-electron chi connectivity index (χ4n) is 3.02. The Bertz CT molecular complexity index is 759. The molecular formula is C20H25F2N3O2. The first-order chi connectivity index (χ1) is 13.1. The molecule has 1 saturated carbocycles. The highest BCUT2D eigenvalue weighted by Gasteiger charge is 2.46. The van der Waals surface area contributed by atoms with E-state index in [1.807, 2.05) is 12.1 Å². The fraction of sp³-hybridized carbons (Fsp3) is 0.450. The van der Waals surface area contributed by atoms with E-state index in [4.69, 9.17) is 9.15 Å². The molecule has 1 fully saturated rings. The van der Waals surface area contributed by atoms with Crippen molar-refractivity contribution in [1.29, 1.82) is 0 Å². The van der Waals surface area contributed by atoms with Gasteiger partial charge in [0.15, 0.2) is 5.96 Å². The first-order valence-corrected chi connectivity index (χ1v) is 9.12. The molecule has 3 rings (SSSR count). The molecule has 0 spiro atoms. The van der Waals surface area contributed by atoms with Crippen molar-refractivity contribution in [3.63, 3.8) is 0 Å². The average Bonchev–Trinajstić information content (AvgIpc) is 3.24. The maximum atomic E-state index is 14.2. The van der Waals surface area contributed by atoms with Crippen LogP contribution in [0.1, 0.15) is 24.2 Å². The second kappa shape index (κ2) is 8.99. The molecular weight excluding hydrogens is 352 g/mol. The van der Waals surface area contributed by atoms with Crippen LogP contribution in [0.15, 0.2) is 46.0 Å². The Labute approximate surface area is 157 Å². The summed E-state index contributed by atoms with van der Waals surface area (Å²) in [5.74, 6) is 0.484. The summed E-state index contributed by atoms with van der Waals surface area (Å²) in [5.41, 5.74) is 0.203. The van der Waals surface area contributed by atoms with Crippen LogP contribution in [0.2, 0.25) is 0 Å². The molecule has 1 aromatic heterocycles. The zero-order valence-electron chi connectivity index (χ0n) is 15.4. The van der Waals surface area contributed by atoms with Gasteiger partial charge < -0.3 is 19.8 Å². The molecule has 1 aliphatic rings. The van der Waals surface area contributed by atoms with Crippen LogP contribution in [-0.4, -0.2) is 39.3 Å². The van der Waals surface area contributed by atoms with Gasteiger partial charge in [0.25, 0.3) is 0 Å². The minimum absolute atomic E-state index is 0.339. The van der Waals surface area contributed by atoms with Gasteiger partial charge in [-0.3, -0.25) is 4.99 Å². The second-order valence-electron chi connectivity index (χ2n) is 6.75. The van der Waals surface area contributed by atoms with Gasteiger partial charge in [-0.05, 0) is 36.6 Å². The molecule has 0 bridgehead atoms. The van der Waals surface area contributed by atoms with Crippen LogP contribution >= 0.6 is 0 Å². The van der Waals surface area contributed by atoms with Crippen LogP contribution in [0.5, 0.6) is 0 Å². The molecule has 0 aliphatic heterocycles. The van der Waals surface area contributed by atoms with E-state index >= 15 is 0 Å². The van der Waals surface area contributed by atoms with E-state index in [9.17, 15) is 8.78 Å². The average molecular weight is 377 g/mol. The Morgan fingerprint density at radius 3 is 2.70 bits per heavy atom. The first kappa shape index (κ1) is 19.4. The number of aliphatic imine (C=N–C) groups is 1. The lowest BCUT2D eigenvalue weighted by atomic mass is 9.95. The monoisotopic (exact) mass is 377 g/mol. The predicted octanol–water partition coefficient (Wildman–Crippen LogP) is 3.01. The number of guanidine groups is 1. The van der Waals surface area contributed by atoms with Crippen LogP contribution < -0.4 is 10.6 Å². The molecule has 1 aliphatic carbocycles. The highest BCUT2D eigenvalue weighted by Crippen LogP contribution is 2.49. The third-order valence-electron chi connectivity index (χ3n) is 4.74. The number of nitrogens with zero attached hydrogens (tertiary/aromatic N) is 1. The Kier molecular flexibility index (Phi) is 6.45. The van der Waals surface area contributed by atoms with Gasteiger partial charge in [-0.1, -0.05) is 6.07 Å². The van der Waals surface area contributed by atoms with E-state index < -0.39 is 11.6 Å². The lowest BCUT2D eigenvalue weighted by molar-refractivity contribution is 0.203. The highest BCUT2D eigenvalue weighted by atomic mass is 19.1. The molecule has 0 radical (unpaired) electrons. The number of methoxy groups -OCH3 is 1. The topological polar surface area (TPSA) is 58.8 Å². The highest BCUT2D eigenvalue weighted by molar-refractivity contribution is 5.79. The first-order valence-electron chi connectivity index (χ1n) is 9.12. The quantitative estimate of drug-likeness (QED) is 0.401. The van der Waals surface area contributed by atoms with E-state index in [1.54, 1.807) is 13.4 Å². The summed E-state index contributed by atoms with van der Waals surface area (Å²) in [6.07, 6.45) is 4.07. The molecule has 0 amide bonds. The SMILES string of the molecule is COCCNC(=NCC1(c2ccc(F)cc2F)CC1)NCCc1ccco1. The summed E-state index contributed by atoms with van der Waals surface area (Å²) < 4.78 is 37.8. The van der Waals surface area contributed by atoms with Crippen molar-refractivity contribution in [2.75, 3.05) is 33.4 Å².